The van der Waals surface area contributed by atoms with E-state index < -0.39 is 53.2 Å². The largest absolute Gasteiger partial charge is 0.483 e. The molecule has 2 N–H and O–H groups in total. The number of aromatic nitrogens is 1. The SMILES string of the molecule is O=C(COc1ccc(Br)cc1C1c2sc(=O)[nH]c2SC2C(=O)N(c3ccc(Cl)cc3)C(=O)C21)Nc1cccc(C(F)(F)F)c1. The van der Waals surface area contributed by atoms with Gasteiger partial charge in [-0.1, -0.05) is 56.7 Å². The highest BCUT2D eigenvalue weighted by Gasteiger charge is 2.56. The Morgan fingerprint density at radius 1 is 1.05 bits per heavy atom. The van der Waals surface area contributed by atoms with Crippen molar-refractivity contribution in [2.75, 3.05) is 16.8 Å². The first-order valence-electron chi connectivity index (χ1n) is 12.8. The van der Waals surface area contributed by atoms with Gasteiger partial charge in [0.05, 0.1) is 22.2 Å². The van der Waals surface area contributed by atoms with Crippen molar-refractivity contribution in [2.45, 2.75) is 22.4 Å². The summed E-state index contributed by atoms with van der Waals surface area (Å²) >= 11 is 11.5. The lowest BCUT2D eigenvalue weighted by atomic mass is 9.82. The van der Waals surface area contributed by atoms with Crippen LogP contribution in [0.2, 0.25) is 5.02 Å². The van der Waals surface area contributed by atoms with Gasteiger partial charge < -0.3 is 15.0 Å². The number of benzene rings is 3. The lowest BCUT2D eigenvalue weighted by Gasteiger charge is -2.31. The molecule has 8 nitrogen and oxygen atoms in total. The molecular formula is C29H18BrClF3N3O5S2. The molecule has 0 spiro atoms. The summed E-state index contributed by atoms with van der Waals surface area (Å²) in [5.74, 6) is -3.17. The Labute approximate surface area is 268 Å². The van der Waals surface area contributed by atoms with Crippen LogP contribution >= 0.6 is 50.6 Å². The number of alkyl halides is 3. The minimum Gasteiger partial charge on any atom is -0.483 e. The summed E-state index contributed by atoms with van der Waals surface area (Å²) in [5, 5.41) is 2.42. The summed E-state index contributed by atoms with van der Waals surface area (Å²) in [6.07, 6.45) is -4.58. The van der Waals surface area contributed by atoms with E-state index in [0.29, 0.717) is 30.6 Å². The van der Waals surface area contributed by atoms with E-state index in [9.17, 15) is 32.3 Å². The van der Waals surface area contributed by atoms with Gasteiger partial charge in [0.25, 0.3) is 5.91 Å². The van der Waals surface area contributed by atoms with E-state index in [1.54, 1.807) is 42.5 Å². The van der Waals surface area contributed by atoms with Crippen molar-refractivity contribution in [3.63, 3.8) is 0 Å². The van der Waals surface area contributed by atoms with E-state index in [4.69, 9.17) is 16.3 Å². The van der Waals surface area contributed by atoms with Gasteiger partial charge in [-0.15, -0.1) is 0 Å². The molecule has 6 rings (SSSR count). The van der Waals surface area contributed by atoms with Crippen molar-refractivity contribution >= 4 is 79.7 Å². The van der Waals surface area contributed by atoms with Gasteiger partial charge in [0.1, 0.15) is 11.0 Å². The maximum absolute atomic E-state index is 14.0. The summed E-state index contributed by atoms with van der Waals surface area (Å²) < 4.78 is 45.8. The molecule has 3 unspecified atom stereocenters. The number of hydrogen-bond donors (Lipinski definition) is 2. The number of amides is 3. The smallest absolute Gasteiger partial charge is 0.416 e. The van der Waals surface area contributed by atoms with Crippen molar-refractivity contribution in [3.05, 3.63) is 102 Å². The number of thioether (sulfide) groups is 1. The number of rotatable bonds is 6. The Morgan fingerprint density at radius 2 is 1.80 bits per heavy atom. The first-order chi connectivity index (χ1) is 20.9. The number of thiazole rings is 1. The van der Waals surface area contributed by atoms with Crippen LogP contribution in [0.3, 0.4) is 0 Å². The van der Waals surface area contributed by atoms with Crippen LogP contribution < -0.4 is 19.8 Å². The molecule has 1 saturated heterocycles. The highest BCUT2D eigenvalue weighted by Crippen LogP contribution is 2.54. The van der Waals surface area contributed by atoms with Crippen LogP contribution in [0.5, 0.6) is 5.75 Å². The molecule has 3 amide bonds. The van der Waals surface area contributed by atoms with E-state index in [1.807, 2.05) is 0 Å². The number of H-pyrrole nitrogens is 1. The molecule has 2 aliphatic rings. The van der Waals surface area contributed by atoms with Gasteiger partial charge in [-0.05, 0) is 60.7 Å². The highest BCUT2D eigenvalue weighted by atomic mass is 79.9. The van der Waals surface area contributed by atoms with Crippen LogP contribution in [0, 0.1) is 5.92 Å². The van der Waals surface area contributed by atoms with Crippen LogP contribution in [0.1, 0.15) is 21.9 Å². The number of hydrogen-bond acceptors (Lipinski definition) is 7. The fourth-order valence-electron chi connectivity index (χ4n) is 5.20. The van der Waals surface area contributed by atoms with Crippen molar-refractivity contribution < 1.29 is 32.3 Å². The monoisotopic (exact) mass is 723 g/mol. The average Bonchev–Trinajstić information content (AvgIpc) is 3.46. The molecule has 3 atom stereocenters. The number of halogens is 5. The van der Waals surface area contributed by atoms with Gasteiger partial charge in [-0.25, -0.2) is 4.90 Å². The van der Waals surface area contributed by atoms with Crippen LogP contribution in [0.25, 0.3) is 0 Å². The zero-order valence-corrected chi connectivity index (χ0v) is 26.0. The fraction of sp³-hybridized carbons (Fsp3) is 0.172. The Bertz CT molecular complexity index is 1860. The number of carbonyl (C=O) groups excluding carboxylic acids is 3. The minimum atomic E-state index is -4.58. The fourth-order valence-corrected chi connectivity index (χ4v) is 8.22. The van der Waals surface area contributed by atoms with E-state index in [2.05, 4.69) is 26.2 Å². The van der Waals surface area contributed by atoms with Crippen LogP contribution in [0.4, 0.5) is 24.5 Å². The maximum atomic E-state index is 14.0. The molecule has 3 heterocycles. The zero-order chi connectivity index (χ0) is 31.3. The van der Waals surface area contributed by atoms with Crippen LogP contribution in [0.15, 0.2) is 81.0 Å². The predicted octanol–water partition coefficient (Wildman–Crippen LogP) is 6.68. The second kappa shape index (κ2) is 11.7. The number of anilines is 2. The molecule has 4 aromatic rings. The molecule has 0 aliphatic carbocycles. The van der Waals surface area contributed by atoms with Gasteiger partial charge in [-0.2, -0.15) is 13.2 Å². The third-order valence-corrected chi connectivity index (χ3v) is 10.2. The van der Waals surface area contributed by atoms with Gasteiger partial charge >= 0.3 is 11.0 Å². The van der Waals surface area contributed by atoms with Gasteiger partial charge in [0, 0.05) is 31.5 Å². The van der Waals surface area contributed by atoms with Crippen molar-refractivity contribution in [1.29, 1.82) is 0 Å². The standard InChI is InChI=1S/C29H18BrClF3N3O5S2/c30-14-4-9-19(42-12-20(38)35-16-3-1-2-13(10-16)29(32,33)34)18(11-14)21-22-24(43-25-23(21)44-28(41)36-25)27(40)37(26(22)39)17-7-5-15(31)6-8-17/h1-11,21-22,24H,12H2,(H,35,38)(H,36,41). The lowest BCUT2D eigenvalue weighted by Crippen LogP contribution is -2.32. The third kappa shape index (κ3) is 5.78. The molecule has 3 aromatic carbocycles. The number of nitrogens with one attached hydrogen (secondary N) is 2. The van der Waals surface area contributed by atoms with Crippen molar-refractivity contribution in [3.8, 4) is 5.75 Å². The third-order valence-electron chi connectivity index (χ3n) is 7.05. The van der Waals surface area contributed by atoms with E-state index in [-0.39, 0.29) is 16.3 Å². The first kappa shape index (κ1) is 30.4. The molecule has 1 fully saturated rings. The Kier molecular flexibility index (Phi) is 8.11. The number of carbonyl (C=O) groups is 3. The predicted molar refractivity (Wildman–Crippen MR) is 164 cm³/mol. The van der Waals surface area contributed by atoms with E-state index in [0.717, 1.165) is 40.1 Å². The normalized spacial score (nSPS) is 19.5. The number of fused-ring (bicyclic) bond motifs is 2. The Hall–Kier alpha value is -3.59. The van der Waals surface area contributed by atoms with E-state index >= 15 is 0 Å². The second-order valence-corrected chi connectivity index (χ2v) is 13.4. The Balaban J connectivity index is 1.33. The highest BCUT2D eigenvalue weighted by molar-refractivity contribution is 9.10. The maximum Gasteiger partial charge on any atom is 0.416 e. The summed E-state index contributed by atoms with van der Waals surface area (Å²) in [7, 11) is 0. The number of imide groups is 1. The number of nitrogens with zero attached hydrogens (tertiary/aromatic N) is 1. The number of ether oxygens (including phenoxy) is 1. The van der Waals surface area contributed by atoms with Crippen LogP contribution in [-0.2, 0) is 20.6 Å². The van der Waals surface area contributed by atoms with Crippen molar-refractivity contribution in [2.24, 2.45) is 5.92 Å². The van der Waals surface area contributed by atoms with Crippen molar-refractivity contribution in [1.82, 2.24) is 4.98 Å². The summed E-state index contributed by atoms with van der Waals surface area (Å²) in [6, 6.07) is 15.4. The first-order valence-corrected chi connectivity index (χ1v) is 15.7. The molecular weight excluding hydrogens is 707 g/mol. The summed E-state index contributed by atoms with van der Waals surface area (Å²) in [6.45, 7) is -0.569. The molecule has 1 aromatic heterocycles. The molecule has 0 saturated carbocycles. The molecule has 44 heavy (non-hydrogen) atoms. The van der Waals surface area contributed by atoms with Gasteiger partial charge in [-0.3, -0.25) is 19.2 Å². The molecule has 0 radical (unpaired) electrons. The van der Waals surface area contributed by atoms with Gasteiger partial charge in [0.2, 0.25) is 11.8 Å². The van der Waals surface area contributed by atoms with Crippen LogP contribution in [-0.4, -0.2) is 34.6 Å². The average molecular weight is 725 g/mol. The summed E-state index contributed by atoms with van der Waals surface area (Å²) in [5.41, 5.74) is -0.180. The molecule has 15 heteroatoms. The quantitative estimate of drug-likeness (QED) is 0.215. The van der Waals surface area contributed by atoms with Gasteiger partial charge in [0.15, 0.2) is 6.61 Å². The minimum absolute atomic E-state index is 0.0595. The molecule has 226 valence electrons. The lowest BCUT2D eigenvalue weighted by molar-refractivity contribution is -0.137. The Morgan fingerprint density at radius 3 is 2.52 bits per heavy atom. The summed E-state index contributed by atoms with van der Waals surface area (Å²) in [4.78, 5) is 56.9. The topological polar surface area (TPSA) is 109 Å². The van der Waals surface area contributed by atoms with E-state index in [1.165, 1.54) is 12.1 Å². The zero-order valence-electron chi connectivity index (χ0n) is 22.0. The number of aromatic amines is 1. The second-order valence-electron chi connectivity index (χ2n) is 9.84. The molecule has 0 bridgehead atoms. The molecule has 2 aliphatic heterocycles.